The summed E-state index contributed by atoms with van der Waals surface area (Å²) in [5.41, 5.74) is 2.44. The van der Waals surface area contributed by atoms with Crippen LogP contribution in [0.2, 0.25) is 0 Å². The summed E-state index contributed by atoms with van der Waals surface area (Å²) in [7, 11) is 1.92. The van der Waals surface area contributed by atoms with Gasteiger partial charge in [0.05, 0.1) is 12.5 Å². The molecule has 2 aromatic carbocycles. The lowest BCUT2D eigenvalue weighted by Gasteiger charge is -2.34. The Kier molecular flexibility index (Phi) is 6.88. The summed E-state index contributed by atoms with van der Waals surface area (Å²) in [5, 5.41) is 0. The fraction of sp³-hybridized carbons (Fsp3) is 0.435. The van der Waals surface area contributed by atoms with E-state index in [-0.39, 0.29) is 11.8 Å². The van der Waals surface area contributed by atoms with E-state index < -0.39 is 0 Å². The van der Waals surface area contributed by atoms with Crippen molar-refractivity contribution in [1.29, 1.82) is 0 Å². The van der Waals surface area contributed by atoms with Crippen molar-refractivity contribution in [2.45, 2.75) is 32.9 Å². The third-order valence-electron chi connectivity index (χ3n) is 5.13. The van der Waals surface area contributed by atoms with Crippen molar-refractivity contribution in [1.82, 2.24) is 9.80 Å². The first kappa shape index (κ1) is 19.4. The van der Waals surface area contributed by atoms with Gasteiger partial charge in [0.1, 0.15) is 5.75 Å². The van der Waals surface area contributed by atoms with E-state index >= 15 is 0 Å². The predicted octanol–water partition coefficient (Wildman–Crippen LogP) is 3.96. The Hall–Kier alpha value is -2.33. The normalized spacial score (nSPS) is 17.5. The predicted molar refractivity (Wildman–Crippen MR) is 109 cm³/mol. The number of carbonyl (C=O) groups excluding carboxylic acids is 1. The number of benzene rings is 2. The van der Waals surface area contributed by atoms with Crippen molar-refractivity contribution in [2.75, 3.05) is 26.7 Å². The first-order valence-corrected chi connectivity index (χ1v) is 9.88. The maximum Gasteiger partial charge on any atom is 0.227 e. The molecule has 3 rings (SSSR count). The van der Waals surface area contributed by atoms with Crippen LogP contribution in [0.4, 0.5) is 0 Å². The third-order valence-corrected chi connectivity index (χ3v) is 5.13. The van der Waals surface area contributed by atoms with Crippen LogP contribution in [-0.2, 0) is 17.9 Å². The van der Waals surface area contributed by atoms with Crippen LogP contribution < -0.4 is 4.74 Å². The molecule has 1 heterocycles. The highest BCUT2D eigenvalue weighted by Crippen LogP contribution is 2.22. The van der Waals surface area contributed by atoms with E-state index in [0.717, 1.165) is 38.2 Å². The zero-order valence-electron chi connectivity index (χ0n) is 16.4. The molecule has 0 N–H and O–H groups in total. The zero-order chi connectivity index (χ0) is 19.1. The Morgan fingerprint density at radius 2 is 1.85 bits per heavy atom. The van der Waals surface area contributed by atoms with Crippen molar-refractivity contribution in [3.63, 3.8) is 0 Å². The molecule has 4 heteroatoms. The highest BCUT2D eigenvalue weighted by atomic mass is 16.5. The molecule has 0 spiro atoms. The fourth-order valence-electron chi connectivity index (χ4n) is 3.76. The highest BCUT2D eigenvalue weighted by molar-refractivity contribution is 5.78. The number of nitrogens with zero attached hydrogens (tertiary/aromatic N) is 2. The van der Waals surface area contributed by atoms with Crippen LogP contribution in [-0.4, -0.2) is 42.5 Å². The molecular weight excluding hydrogens is 336 g/mol. The molecule has 0 unspecified atom stereocenters. The van der Waals surface area contributed by atoms with Gasteiger partial charge in [-0.1, -0.05) is 42.5 Å². The van der Waals surface area contributed by atoms with Gasteiger partial charge in [-0.05, 0) is 49.6 Å². The van der Waals surface area contributed by atoms with Crippen molar-refractivity contribution < 1.29 is 9.53 Å². The van der Waals surface area contributed by atoms with E-state index in [0.29, 0.717) is 13.2 Å². The number of hydrogen-bond donors (Lipinski definition) is 0. The van der Waals surface area contributed by atoms with Crippen LogP contribution >= 0.6 is 0 Å². The van der Waals surface area contributed by atoms with E-state index in [1.54, 1.807) is 0 Å². The molecular formula is C23H30N2O2. The second-order valence-electron chi connectivity index (χ2n) is 7.33. The van der Waals surface area contributed by atoms with Gasteiger partial charge in [-0.15, -0.1) is 0 Å². The number of carbonyl (C=O) groups is 1. The van der Waals surface area contributed by atoms with E-state index in [4.69, 9.17) is 4.74 Å². The summed E-state index contributed by atoms with van der Waals surface area (Å²) in [6.07, 6.45) is 2.06. The molecule has 1 aliphatic heterocycles. The first-order valence-electron chi connectivity index (χ1n) is 9.88. The summed E-state index contributed by atoms with van der Waals surface area (Å²) >= 11 is 0. The fourth-order valence-corrected chi connectivity index (χ4v) is 3.76. The summed E-state index contributed by atoms with van der Waals surface area (Å²) in [6, 6.07) is 18.5. The molecule has 1 amide bonds. The van der Waals surface area contributed by atoms with Gasteiger partial charge in [-0.3, -0.25) is 9.69 Å². The average molecular weight is 367 g/mol. The Morgan fingerprint density at radius 1 is 1.11 bits per heavy atom. The highest BCUT2D eigenvalue weighted by Gasteiger charge is 2.28. The van der Waals surface area contributed by atoms with E-state index in [1.807, 2.05) is 49.2 Å². The van der Waals surface area contributed by atoms with Crippen LogP contribution in [0, 0.1) is 5.92 Å². The molecule has 1 aliphatic rings. The van der Waals surface area contributed by atoms with Gasteiger partial charge in [-0.2, -0.15) is 0 Å². The number of ether oxygens (including phenoxy) is 1. The third kappa shape index (κ3) is 5.57. The lowest BCUT2D eigenvalue weighted by atomic mass is 9.96. The van der Waals surface area contributed by atoms with Crippen LogP contribution in [0.5, 0.6) is 5.75 Å². The Bertz CT molecular complexity index is 715. The second-order valence-corrected chi connectivity index (χ2v) is 7.33. The Balaban J connectivity index is 1.54. The van der Waals surface area contributed by atoms with Gasteiger partial charge < -0.3 is 9.64 Å². The largest absolute Gasteiger partial charge is 0.494 e. The molecule has 4 nitrogen and oxygen atoms in total. The maximum atomic E-state index is 12.9. The van der Waals surface area contributed by atoms with Gasteiger partial charge in [0.2, 0.25) is 5.91 Å². The summed E-state index contributed by atoms with van der Waals surface area (Å²) in [5.74, 6) is 1.26. The van der Waals surface area contributed by atoms with Crippen LogP contribution in [0.15, 0.2) is 54.6 Å². The topological polar surface area (TPSA) is 32.8 Å². The molecule has 0 bridgehead atoms. The molecule has 1 fully saturated rings. The standard InChI is InChI=1S/C23H30N2O2/c1-3-27-22-13-11-20(12-14-22)17-25-15-7-10-21(18-25)23(26)24(2)16-19-8-5-4-6-9-19/h4-6,8-9,11-14,21H,3,7,10,15-18H2,1-2H3/t21-/m1/s1. The minimum atomic E-state index is 0.0927. The summed E-state index contributed by atoms with van der Waals surface area (Å²) in [6.45, 7) is 6.14. The maximum absolute atomic E-state index is 12.9. The van der Waals surface area contributed by atoms with Gasteiger partial charge in [0, 0.05) is 26.7 Å². The molecule has 144 valence electrons. The monoisotopic (exact) mass is 366 g/mol. The van der Waals surface area contributed by atoms with E-state index in [1.165, 1.54) is 11.1 Å². The van der Waals surface area contributed by atoms with Crippen molar-refractivity contribution in [3.05, 3.63) is 65.7 Å². The second kappa shape index (κ2) is 9.56. The number of piperidine rings is 1. The SMILES string of the molecule is CCOc1ccc(CN2CCC[C@@H](C(=O)N(C)Cc3ccccc3)C2)cc1. The van der Waals surface area contributed by atoms with E-state index in [2.05, 4.69) is 29.2 Å². The Labute approximate surface area is 162 Å². The molecule has 27 heavy (non-hydrogen) atoms. The van der Waals surface area contributed by atoms with Crippen LogP contribution in [0.3, 0.4) is 0 Å². The lowest BCUT2D eigenvalue weighted by Crippen LogP contribution is -2.43. The molecule has 0 aromatic heterocycles. The van der Waals surface area contributed by atoms with E-state index in [9.17, 15) is 4.79 Å². The van der Waals surface area contributed by atoms with Crippen molar-refractivity contribution in [2.24, 2.45) is 5.92 Å². The number of rotatable bonds is 7. The van der Waals surface area contributed by atoms with Crippen LogP contribution in [0.1, 0.15) is 30.9 Å². The minimum Gasteiger partial charge on any atom is -0.494 e. The van der Waals surface area contributed by atoms with Crippen molar-refractivity contribution >= 4 is 5.91 Å². The van der Waals surface area contributed by atoms with Gasteiger partial charge in [-0.25, -0.2) is 0 Å². The minimum absolute atomic E-state index is 0.0927. The number of hydrogen-bond acceptors (Lipinski definition) is 3. The van der Waals surface area contributed by atoms with Gasteiger partial charge in [0.25, 0.3) is 0 Å². The van der Waals surface area contributed by atoms with Crippen molar-refractivity contribution in [3.8, 4) is 5.75 Å². The van der Waals surface area contributed by atoms with Crippen LogP contribution in [0.25, 0.3) is 0 Å². The smallest absolute Gasteiger partial charge is 0.227 e. The number of amides is 1. The molecule has 0 radical (unpaired) electrons. The molecule has 0 aliphatic carbocycles. The average Bonchev–Trinajstić information content (AvgIpc) is 2.70. The summed E-state index contributed by atoms with van der Waals surface area (Å²) in [4.78, 5) is 17.2. The number of likely N-dealkylation sites (tertiary alicyclic amines) is 1. The van der Waals surface area contributed by atoms with Gasteiger partial charge in [0.15, 0.2) is 0 Å². The molecule has 0 saturated carbocycles. The summed E-state index contributed by atoms with van der Waals surface area (Å²) < 4.78 is 5.51. The zero-order valence-corrected chi connectivity index (χ0v) is 16.4. The first-order chi connectivity index (χ1) is 13.2. The molecule has 1 saturated heterocycles. The van der Waals surface area contributed by atoms with Gasteiger partial charge >= 0.3 is 0 Å². The quantitative estimate of drug-likeness (QED) is 0.744. The molecule has 2 aromatic rings. The Morgan fingerprint density at radius 3 is 2.56 bits per heavy atom. The molecule has 1 atom stereocenters. The lowest BCUT2D eigenvalue weighted by molar-refractivity contribution is -0.136.